The summed E-state index contributed by atoms with van der Waals surface area (Å²) in [7, 11) is 1.84. The first-order chi connectivity index (χ1) is 6.77. The van der Waals surface area contributed by atoms with Crippen molar-refractivity contribution in [2.75, 3.05) is 7.05 Å². The summed E-state index contributed by atoms with van der Waals surface area (Å²) in [6, 6.07) is -0.370. The largest absolute Gasteiger partial charge is 0.339 e. The molecule has 0 unspecified atom stereocenters. The number of likely N-dealkylation sites (N-methyl/N-ethyl adjacent to an activating group) is 1. The van der Waals surface area contributed by atoms with Gasteiger partial charge in [-0.1, -0.05) is 27.2 Å². The molecule has 2 atom stereocenters. The van der Waals surface area contributed by atoms with Crippen LogP contribution in [0, 0.1) is 5.92 Å². The first kappa shape index (κ1) is 14.4. The number of amides is 1. The van der Waals surface area contributed by atoms with E-state index in [1.165, 1.54) is 0 Å². The fourth-order valence-corrected chi connectivity index (χ4v) is 1.26. The number of hydrogen-bond acceptors (Lipinski definition) is 2. The van der Waals surface area contributed by atoms with Crippen LogP contribution in [0.4, 0.5) is 0 Å². The minimum atomic E-state index is -0.370. The van der Waals surface area contributed by atoms with Gasteiger partial charge in [0.15, 0.2) is 0 Å². The zero-order valence-corrected chi connectivity index (χ0v) is 11.0. The lowest BCUT2D eigenvalue weighted by Gasteiger charge is -2.37. The van der Waals surface area contributed by atoms with Crippen molar-refractivity contribution in [3.63, 3.8) is 0 Å². The predicted molar refractivity (Wildman–Crippen MR) is 64.6 cm³/mol. The number of nitrogens with two attached hydrogens (primary N) is 1. The molecule has 0 rings (SSSR count). The van der Waals surface area contributed by atoms with E-state index >= 15 is 0 Å². The second kappa shape index (κ2) is 5.50. The van der Waals surface area contributed by atoms with Gasteiger partial charge in [0.1, 0.15) is 0 Å². The van der Waals surface area contributed by atoms with Crippen LogP contribution in [0.1, 0.15) is 47.5 Å². The molecule has 0 aliphatic rings. The van der Waals surface area contributed by atoms with Crippen LogP contribution in [-0.2, 0) is 4.79 Å². The van der Waals surface area contributed by atoms with Gasteiger partial charge in [-0.3, -0.25) is 4.79 Å². The van der Waals surface area contributed by atoms with Gasteiger partial charge in [-0.2, -0.15) is 0 Å². The maximum atomic E-state index is 12.0. The zero-order chi connectivity index (χ0) is 12.2. The quantitative estimate of drug-likeness (QED) is 0.761. The Morgan fingerprint density at radius 2 is 1.87 bits per heavy atom. The molecule has 0 aromatic rings. The molecule has 0 heterocycles. The molecule has 0 aliphatic carbocycles. The topological polar surface area (TPSA) is 46.3 Å². The second-order valence-corrected chi connectivity index (χ2v) is 4.97. The third-order valence-electron chi connectivity index (χ3n) is 3.65. The van der Waals surface area contributed by atoms with Gasteiger partial charge in [0.05, 0.1) is 6.04 Å². The summed E-state index contributed by atoms with van der Waals surface area (Å²) in [5.41, 5.74) is 5.82. The molecule has 0 aromatic carbocycles. The molecule has 15 heavy (non-hydrogen) atoms. The average Bonchev–Trinajstić information content (AvgIpc) is 2.24. The molecule has 0 radical (unpaired) electrons. The van der Waals surface area contributed by atoms with Crippen LogP contribution in [0.15, 0.2) is 0 Å². The molecule has 0 spiro atoms. The summed E-state index contributed by atoms with van der Waals surface area (Å²) in [4.78, 5) is 13.8. The Bertz CT molecular complexity index is 214. The highest BCUT2D eigenvalue weighted by Gasteiger charge is 2.30. The van der Waals surface area contributed by atoms with Gasteiger partial charge in [-0.05, 0) is 26.2 Å². The van der Waals surface area contributed by atoms with Crippen molar-refractivity contribution in [3.8, 4) is 0 Å². The molecule has 3 heteroatoms. The highest BCUT2D eigenvalue weighted by molar-refractivity contribution is 5.82. The normalized spacial score (nSPS) is 15.9. The van der Waals surface area contributed by atoms with E-state index in [-0.39, 0.29) is 23.4 Å². The van der Waals surface area contributed by atoms with E-state index < -0.39 is 0 Å². The van der Waals surface area contributed by atoms with E-state index in [4.69, 9.17) is 5.73 Å². The lowest BCUT2D eigenvalue weighted by Crippen LogP contribution is -2.53. The predicted octanol–water partition coefficient (Wildman–Crippen LogP) is 2.01. The SMILES string of the molecule is CC[C@H](C)[C@H](N)C(=O)N(C)C(C)(C)CC. The Hall–Kier alpha value is -0.570. The molecule has 0 bridgehead atoms. The van der Waals surface area contributed by atoms with Crippen molar-refractivity contribution >= 4 is 5.91 Å². The van der Waals surface area contributed by atoms with Crippen molar-refractivity contribution < 1.29 is 4.79 Å². The first-order valence-electron chi connectivity index (χ1n) is 5.81. The van der Waals surface area contributed by atoms with Crippen LogP contribution in [0.2, 0.25) is 0 Å². The van der Waals surface area contributed by atoms with E-state index in [0.29, 0.717) is 0 Å². The van der Waals surface area contributed by atoms with Crippen LogP contribution in [0.3, 0.4) is 0 Å². The first-order valence-corrected chi connectivity index (χ1v) is 5.81. The summed E-state index contributed by atoms with van der Waals surface area (Å²) >= 11 is 0. The highest BCUT2D eigenvalue weighted by Crippen LogP contribution is 2.19. The van der Waals surface area contributed by atoms with Gasteiger partial charge in [0, 0.05) is 12.6 Å². The smallest absolute Gasteiger partial charge is 0.239 e. The highest BCUT2D eigenvalue weighted by atomic mass is 16.2. The molecule has 0 saturated heterocycles. The minimum absolute atomic E-state index is 0.0520. The molecule has 0 saturated carbocycles. The second-order valence-electron chi connectivity index (χ2n) is 4.97. The fraction of sp³-hybridized carbons (Fsp3) is 0.917. The number of carbonyl (C=O) groups is 1. The zero-order valence-electron chi connectivity index (χ0n) is 11.0. The van der Waals surface area contributed by atoms with Gasteiger partial charge >= 0.3 is 0 Å². The Kier molecular flexibility index (Phi) is 5.29. The lowest BCUT2D eigenvalue weighted by molar-refractivity contribution is -0.137. The molecular formula is C12H26N2O. The van der Waals surface area contributed by atoms with E-state index in [9.17, 15) is 4.79 Å². The number of hydrogen-bond donors (Lipinski definition) is 1. The summed E-state index contributed by atoms with van der Waals surface area (Å²) < 4.78 is 0. The minimum Gasteiger partial charge on any atom is -0.339 e. The van der Waals surface area contributed by atoms with E-state index in [1.807, 2.05) is 14.0 Å². The van der Waals surface area contributed by atoms with Crippen LogP contribution in [-0.4, -0.2) is 29.4 Å². The van der Waals surface area contributed by atoms with Crippen LogP contribution >= 0.6 is 0 Å². The summed E-state index contributed by atoms with van der Waals surface area (Å²) in [5.74, 6) is 0.295. The maximum Gasteiger partial charge on any atom is 0.239 e. The average molecular weight is 214 g/mol. The van der Waals surface area contributed by atoms with Crippen molar-refractivity contribution in [1.29, 1.82) is 0 Å². The van der Waals surface area contributed by atoms with Crippen LogP contribution < -0.4 is 5.73 Å². The molecule has 0 fully saturated rings. The van der Waals surface area contributed by atoms with E-state index in [2.05, 4.69) is 27.7 Å². The van der Waals surface area contributed by atoms with E-state index in [0.717, 1.165) is 12.8 Å². The van der Waals surface area contributed by atoms with Crippen molar-refractivity contribution in [3.05, 3.63) is 0 Å². The molecule has 0 aliphatic heterocycles. The third kappa shape index (κ3) is 3.49. The van der Waals surface area contributed by atoms with Crippen molar-refractivity contribution in [1.82, 2.24) is 4.90 Å². The van der Waals surface area contributed by atoms with Crippen LogP contribution in [0.5, 0.6) is 0 Å². The standard InChI is InChI=1S/C12H26N2O/c1-7-9(3)10(13)11(15)14(6)12(4,5)8-2/h9-10H,7-8,13H2,1-6H3/t9-,10-/m0/s1. The van der Waals surface area contributed by atoms with Crippen molar-refractivity contribution in [2.45, 2.75) is 59.0 Å². The van der Waals surface area contributed by atoms with Gasteiger partial charge in [0.25, 0.3) is 0 Å². The molecule has 2 N–H and O–H groups in total. The monoisotopic (exact) mass is 214 g/mol. The lowest BCUT2D eigenvalue weighted by atomic mass is 9.94. The fourth-order valence-electron chi connectivity index (χ4n) is 1.26. The number of carbonyl (C=O) groups excluding carboxylic acids is 1. The molecular weight excluding hydrogens is 188 g/mol. The van der Waals surface area contributed by atoms with Gasteiger partial charge in [0.2, 0.25) is 5.91 Å². The van der Waals surface area contributed by atoms with Gasteiger partial charge in [-0.15, -0.1) is 0 Å². The van der Waals surface area contributed by atoms with E-state index in [1.54, 1.807) is 4.90 Å². The van der Waals surface area contributed by atoms with Gasteiger partial charge < -0.3 is 10.6 Å². The van der Waals surface area contributed by atoms with Crippen molar-refractivity contribution in [2.24, 2.45) is 11.7 Å². The Morgan fingerprint density at radius 1 is 1.40 bits per heavy atom. The molecule has 1 amide bonds. The van der Waals surface area contributed by atoms with Crippen LogP contribution in [0.25, 0.3) is 0 Å². The van der Waals surface area contributed by atoms with Gasteiger partial charge in [-0.25, -0.2) is 0 Å². The molecule has 90 valence electrons. The molecule has 0 aromatic heterocycles. The Morgan fingerprint density at radius 3 is 2.20 bits per heavy atom. The maximum absolute atomic E-state index is 12.0. The summed E-state index contributed by atoms with van der Waals surface area (Å²) in [6.07, 6.45) is 1.87. The number of rotatable bonds is 5. The Balaban J connectivity index is 4.58. The number of nitrogens with zero attached hydrogens (tertiary/aromatic N) is 1. The summed E-state index contributed by atoms with van der Waals surface area (Å²) in [6.45, 7) is 10.3. The third-order valence-corrected chi connectivity index (χ3v) is 3.65. The Labute approximate surface area is 94.0 Å². The molecule has 3 nitrogen and oxygen atoms in total. The summed E-state index contributed by atoms with van der Waals surface area (Å²) in [5, 5.41) is 0.